The second-order valence-electron chi connectivity index (χ2n) is 7.94. The standard InChI is InChI=1S/C26H23ClFN3O4/c1-34-24-12-18(4-11-23(24)35-16-17-2-7-21(28)8-3-17)14-29-30-26(33)19-13-25(32)31(15-19)22-9-5-20(27)6-10-22/h2-12,14,19H,13,15-16H2,1H3,(H,30,33)/b29-14-/t19-/m0/s1. The Kier molecular flexibility index (Phi) is 7.62. The lowest BCUT2D eigenvalue weighted by Gasteiger charge is -2.16. The smallest absolute Gasteiger partial charge is 0.245 e. The van der Waals surface area contributed by atoms with Crippen LogP contribution in [0, 0.1) is 11.7 Å². The topological polar surface area (TPSA) is 80.2 Å². The van der Waals surface area contributed by atoms with Gasteiger partial charge in [0, 0.05) is 23.7 Å². The van der Waals surface area contributed by atoms with Crippen molar-refractivity contribution in [1.82, 2.24) is 5.43 Å². The summed E-state index contributed by atoms with van der Waals surface area (Å²) in [7, 11) is 1.52. The summed E-state index contributed by atoms with van der Waals surface area (Å²) >= 11 is 5.91. The summed E-state index contributed by atoms with van der Waals surface area (Å²) in [5.74, 6) is -0.269. The SMILES string of the molecule is COc1cc(/C=N\NC(=O)[C@H]2CC(=O)N(c3ccc(Cl)cc3)C2)ccc1OCc1ccc(F)cc1. The fourth-order valence-electron chi connectivity index (χ4n) is 3.64. The van der Waals surface area contributed by atoms with Crippen LogP contribution in [0.1, 0.15) is 17.5 Å². The number of halogens is 2. The first kappa shape index (κ1) is 24.2. The maximum absolute atomic E-state index is 13.0. The van der Waals surface area contributed by atoms with Gasteiger partial charge in [-0.15, -0.1) is 0 Å². The Balaban J connectivity index is 1.33. The van der Waals surface area contributed by atoms with Crippen molar-refractivity contribution in [2.75, 3.05) is 18.6 Å². The fourth-order valence-corrected chi connectivity index (χ4v) is 3.77. The predicted molar refractivity (Wildman–Crippen MR) is 131 cm³/mol. The third-order valence-corrected chi connectivity index (χ3v) is 5.77. The second kappa shape index (κ2) is 11.0. The lowest BCUT2D eigenvalue weighted by atomic mass is 10.1. The van der Waals surface area contributed by atoms with Crippen molar-refractivity contribution in [1.29, 1.82) is 0 Å². The third kappa shape index (κ3) is 6.16. The molecular formula is C26H23ClFN3O4. The maximum Gasteiger partial charge on any atom is 0.245 e. The van der Waals surface area contributed by atoms with Crippen LogP contribution >= 0.6 is 11.6 Å². The number of hydrazone groups is 1. The average molecular weight is 496 g/mol. The average Bonchev–Trinajstić information content (AvgIpc) is 3.26. The molecule has 1 aliphatic heterocycles. The predicted octanol–water partition coefficient (Wildman–Crippen LogP) is 4.57. The number of anilines is 1. The minimum Gasteiger partial charge on any atom is -0.493 e. The van der Waals surface area contributed by atoms with Crippen LogP contribution in [0.15, 0.2) is 71.8 Å². The summed E-state index contributed by atoms with van der Waals surface area (Å²) in [5.41, 5.74) is 4.71. The monoisotopic (exact) mass is 495 g/mol. The van der Waals surface area contributed by atoms with E-state index in [4.69, 9.17) is 21.1 Å². The molecule has 9 heteroatoms. The van der Waals surface area contributed by atoms with Crippen molar-refractivity contribution >= 4 is 35.3 Å². The van der Waals surface area contributed by atoms with Gasteiger partial charge in [-0.3, -0.25) is 9.59 Å². The number of rotatable bonds is 8. The maximum atomic E-state index is 13.0. The van der Waals surface area contributed by atoms with Gasteiger partial charge in [0.15, 0.2) is 11.5 Å². The van der Waals surface area contributed by atoms with Gasteiger partial charge in [0.2, 0.25) is 11.8 Å². The molecule has 0 aliphatic carbocycles. The number of ether oxygens (including phenoxy) is 2. The molecule has 0 spiro atoms. The number of hydrogen-bond donors (Lipinski definition) is 1. The third-order valence-electron chi connectivity index (χ3n) is 5.52. The van der Waals surface area contributed by atoms with Crippen LogP contribution in [0.3, 0.4) is 0 Å². The lowest BCUT2D eigenvalue weighted by Crippen LogP contribution is -2.30. The zero-order valence-electron chi connectivity index (χ0n) is 18.9. The summed E-state index contributed by atoms with van der Waals surface area (Å²) in [6, 6.07) is 18.2. The Bertz CT molecular complexity index is 1230. The van der Waals surface area contributed by atoms with E-state index in [1.807, 2.05) is 0 Å². The van der Waals surface area contributed by atoms with Gasteiger partial charge < -0.3 is 14.4 Å². The van der Waals surface area contributed by atoms with E-state index < -0.39 is 5.92 Å². The van der Waals surface area contributed by atoms with Gasteiger partial charge >= 0.3 is 0 Å². The van der Waals surface area contributed by atoms with E-state index in [0.717, 1.165) is 5.56 Å². The van der Waals surface area contributed by atoms with Gasteiger partial charge in [0.25, 0.3) is 0 Å². The Hall–Kier alpha value is -3.91. The van der Waals surface area contributed by atoms with Gasteiger partial charge in [-0.05, 0) is 65.7 Å². The van der Waals surface area contributed by atoms with E-state index in [1.54, 1.807) is 59.5 Å². The molecule has 0 radical (unpaired) electrons. The van der Waals surface area contributed by atoms with E-state index in [-0.39, 0.29) is 37.2 Å². The molecule has 3 aromatic carbocycles. The number of benzene rings is 3. The molecule has 4 rings (SSSR count). The number of nitrogens with one attached hydrogen (secondary N) is 1. The van der Waals surface area contributed by atoms with Crippen LogP contribution in [0.4, 0.5) is 10.1 Å². The first-order chi connectivity index (χ1) is 16.9. The van der Waals surface area contributed by atoms with Gasteiger partial charge in [0.05, 0.1) is 19.2 Å². The first-order valence-corrected chi connectivity index (χ1v) is 11.2. The molecule has 0 bridgehead atoms. The zero-order chi connectivity index (χ0) is 24.8. The van der Waals surface area contributed by atoms with Crippen LogP contribution in [-0.4, -0.2) is 31.7 Å². The minimum absolute atomic E-state index is 0.109. The number of carbonyl (C=O) groups excluding carboxylic acids is 2. The van der Waals surface area contributed by atoms with Gasteiger partial charge in [-0.25, -0.2) is 9.82 Å². The number of nitrogens with zero attached hydrogens (tertiary/aromatic N) is 2. The molecule has 1 N–H and O–H groups in total. The van der Waals surface area contributed by atoms with E-state index in [1.165, 1.54) is 25.5 Å². The Morgan fingerprint density at radius 2 is 1.89 bits per heavy atom. The fraction of sp³-hybridized carbons (Fsp3) is 0.192. The molecule has 0 aromatic heterocycles. The zero-order valence-corrected chi connectivity index (χ0v) is 19.7. The van der Waals surface area contributed by atoms with Gasteiger partial charge in [-0.2, -0.15) is 5.10 Å². The molecule has 1 fully saturated rings. The van der Waals surface area contributed by atoms with Gasteiger partial charge in [-0.1, -0.05) is 23.7 Å². The van der Waals surface area contributed by atoms with Crippen LogP contribution in [-0.2, 0) is 16.2 Å². The molecular weight excluding hydrogens is 473 g/mol. The molecule has 35 heavy (non-hydrogen) atoms. The molecule has 180 valence electrons. The molecule has 1 saturated heterocycles. The highest BCUT2D eigenvalue weighted by Crippen LogP contribution is 2.29. The van der Waals surface area contributed by atoms with Crippen molar-refractivity contribution in [3.05, 3.63) is 88.7 Å². The van der Waals surface area contributed by atoms with Crippen molar-refractivity contribution in [2.45, 2.75) is 13.0 Å². The van der Waals surface area contributed by atoms with Crippen LogP contribution in [0.5, 0.6) is 11.5 Å². The summed E-state index contributed by atoms with van der Waals surface area (Å²) < 4.78 is 24.2. The highest BCUT2D eigenvalue weighted by molar-refractivity contribution is 6.30. The van der Waals surface area contributed by atoms with Crippen LogP contribution < -0.4 is 19.8 Å². The second-order valence-corrected chi connectivity index (χ2v) is 8.38. The molecule has 1 heterocycles. The van der Waals surface area contributed by atoms with Gasteiger partial charge in [0.1, 0.15) is 12.4 Å². The van der Waals surface area contributed by atoms with Crippen LogP contribution in [0.2, 0.25) is 5.02 Å². The molecule has 3 aromatic rings. The highest BCUT2D eigenvalue weighted by atomic mass is 35.5. The Morgan fingerprint density at radius 1 is 1.14 bits per heavy atom. The van der Waals surface area contributed by atoms with Crippen molar-refractivity contribution < 1.29 is 23.5 Å². The van der Waals surface area contributed by atoms with E-state index in [0.29, 0.717) is 27.8 Å². The summed E-state index contributed by atoms with van der Waals surface area (Å²) in [5, 5.41) is 4.60. The largest absolute Gasteiger partial charge is 0.493 e. The Morgan fingerprint density at radius 3 is 2.60 bits per heavy atom. The molecule has 7 nitrogen and oxygen atoms in total. The van der Waals surface area contributed by atoms with Crippen molar-refractivity contribution in [3.63, 3.8) is 0 Å². The van der Waals surface area contributed by atoms with E-state index in [9.17, 15) is 14.0 Å². The van der Waals surface area contributed by atoms with Crippen molar-refractivity contribution in [2.24, 2.45) is 11.0 Å². The summed E-state index contributed by atoms with van der Waals surface area (Å²) in [6.45, 7) is 0.531. The molecule has 2 amide bonds. The van der Waals surface area contributed by atoms with E-state index >= 15 is 0 Å². The molecule has 0 saturated carbocycles. The number of amides is 2. The number of hydrogen-bond acceptors (Lipinski definition) is 5. The van der Waals surface area contributed by atoms with E-state index in [2.05, 4.69) is 10.5 Å². The molecule has 1 atom stereocenters. The number of carbonyl (C=O) groups is 2. The van der Waals surface area contributed by atoms with Crippen LogP contribution in [0.25, 0.3) is 0 Å². The summed E-state index contributed by atoms with van der Waals surface area (Å²) in [6.07, 6.45) is 1.59. The highest BCUT2D eigenvalue weighted by Gasteiger charge is 2.35. The molecule has 1 aliphatic rings. The molecule has 0 unspecified atom stereocenters. The first-order valence-electron chi connectivity index (χ1n) is 10.9. The minimum atomic E-state index is -0.507. The number of methoxy groups -OCH3 is 1. The van der Waals surface area contributed by atoms with Crippen molar-refractivity contribution in [3.8, 4) is 11.5 Å². The quantitative estimate of drug-likeness (QED) is 0.367. The lowest BCUT2D eigenvalue weighted by molar-refractivity contribution is -0.126. The Labute approximate surface area is 207 Å². The normalized spacial score (nSPS) is 15.5. The summed E-state index contributed by atoms with van der Waals surface area (Å²) in [4.78, 5) is 26.5.